The van der Waals surface area contributed by atoms with Gasteiger partial charge in [-0.25, -0.2) is 4.39 Å². The Balaban J connectivity index is 1.58. The van der Waals surface area contributed by atoms with Gasteiger partial charge in [-0.3, -0.25) is 14.4 Å². The highest BCUT2D eigenvalue weighted by Crippen LogP contribution is 2.25. The first kappa shape index (κ1) is 25.1. The highest BCUT2D eigenvalue weighted by Gasteiger charge is 2.22. The number of hydrogen-bond donors (Lipinski definition) is 2. The molecule has 0 saturated carbocycles. The molecule has 1 atom stereocenters. The topological polar surface area (TPSA) is 106 Å². The van der Waals surface area contributed by atoms with E-state index >= 15 is 0 Å². The summed E-state index contributed by atoms with van der Waals surface area (Å²) in [5, 5.41) is 14.0. The summed E-state index contributed by atoms with van der Waals surface area (Å²) in [4.78, 5) is 36.5. The van der Waals surface area contributed by atoms with E-state index in [0.717, 1.165) is 0 Å². The smallest absolute Gasteiger partial charge is 0.254 e. The first-order valence-electron chi connectivity index (χ1n) is 10.8. The number of rotatable bonds is 10. The zero-order chi connectivity index (χ0) is 24.7. The second kappa shape index (κ2) is 11.6. The molecule has 2 amide bonds. The molecule has 0 fully saturated rings. The lowest BCUT2D eigenvalue weighted by molar-refractivity contribution is -0.115. The van der Waals surface area contributed by atoms with Crippen LogP contribution in [0.25, 0.3) is 0 Å². The predicted octanol–water partition coefficient (Wildman–Crippen LogP) is 3.64. The quantitative estimate of drug-likeness (QED) is 0.337. The van der Waals surface area contributed by atoms with Crippen molar-refractivity contribution in [2.75, 3.05) is 11.9 Å². The first-order chi connectivity index (χ1) is 16.3. The van der Waals surface area contributed by atoms with Crippen molar-refractivity contribution in [3.8, 4) is 0 Å². The molecule has 3 aromatic rings. The van der Waals surface area contributed by atoms with Gasteiger partial charge in [0.1, 0.15) is 11.6 Å². The van der Waals surface area contributed by atoms with E-state index in [-0.39, 0.29) is 23.8 Å². The number of hydrogen-bond acceptors (Lipinski definition) is 6. The number of amides is 2. The van der Waals surface area contributed by atoms with Crippen LogP contribution >= 0.6 is 11.8 Å². The van der Waals surface area contributed by atoms with E-state index in [9.17, 15) is 18.8 Å². The number of anilines is 1. The monoisotopic (exact) mass is 483 g/mol. The number of ketones is 1. The number of halogens is 1. The molecule has 2 aromatic carbocycles. The molecule has 0 aliphatic rings. The molecule has 0 unspecified atom stereocenters. The molecule has 0 aliphatic heterocycles. The molecule has 0 bridgehead atoms. The van der Waals surface area contributed by atoms with Gasteiger partial charge in [0.25, 0.3) is 5.91 Å². The van der Waals surface area contributed by atoms with E-state index < -0.39 is 17.0 Å². The lowest BCUT2D eigenvalue weighted by atomic mass is 10.1. The van der Waals surface area contributed by atoms with Crippen molar-refractivity contribution in [1.82, 2.24) is 20.1 Å². The number of Topliss-reactive ketones (excluding diaryl/α,β-unsaturated/α-hetero) is 1. The van der Waals surface area contributed by atoms with Crippen molar-refractivity contribution >= 4 is 35.0 Å². The van der Waals surface area contributed by atoms with Crippen LogP contribution < -0.4 is 10.6 Å². The van der Waals surface area contributed by atoms with Crippen molar-refractivity contribution < 1.29 is 18.8 Å². The van der Waals surface area contributed by atoms with Crippen LogP contribution in [-0.4, -0.2) is 44.2 Å². The van der Waals surface area contributed by atoms with E-state index in [2.05, 4.69) is 20.8 Å². The van der Waals surface area contributed by atoms with Crippen molar-refractivity contribution in [1.29, 1.82) is 0 Å². The van der Waals surface area contributed by atoms with E-state index in [1.165, 1.54) is 36.9 Å². The minimum absolute atomic E-state index is 0.0117. The fraction of sp³-hybridized carbons (Fsp3) is 0.292. The summed E-state index contributed by atoms with van der Waals surface area (Å²) in [6.07, 6.45) is 0.953. The van der Waals surface area contributed by atoms with Gasteiger partial charge in [-0.2, -0.15) is 0 Å². The number of nitrogens with one attached hydrogen (secondary N) is 2. The van der Waals surface area contributed by atoms with Gasteiger partial charge < -0.3 is 15.2 Å². The maximum Gasteiger partial charge on any atom is 0.254 e. The molecule has 178 valence electrons. The summed E-state index contributed by atoms with van der Waals surface area (Å²) in [5.74, 6) is -0.717. The maximum absolute atomic E-state index is 13.7. The SMILES string of the molecule is CC[C@H](Sc1nnc(CCNC(=O)c2ccccc2F)n1C)C(=O)Nc1cccc(C(C)=O)c1. The Morgan fingerprint density at radius 3 is 2.59 bits per heavy atom. The number of thioether (sulfide) groups is 1. The minimum atomic E-state index is -0.575. The first-order valence-corrected chi connectivity index (χ1v) is 11.7. The van der Waals surface area contributed by atoms with Gasteiger partial charge in [0.05, 0.1) is 10.8 Å². The maximum atomic E-state index is 13.7. The molecular weight excluding hydrogens is 457 g/mol. The highest BCUT2D eigenvalue weighted by atomic mass is 32.2. The molecule has 0 spiro atoms. The van der Waals surface area contributed by atoms with Gasteiger partial charge in [-0.05, 0) is 37.6 Å². The molecule has 3 rings (SSSR count). The summed E-state index contributed by atoms with van der Waals surface area (Å²) >= 11 is 1.29. The fourth-order valence-electron chi connectivity index (χ4n) is 3.18. The van der Waals surface area contributed by atoms with Gasteiger partial charge >= 0.3 is 0 Å². The molecule has 8 nitrogen and oxygen atoms in total. The van der Waals surface area contributed by atoms with Crippen molar-refractivity contribution in [3.63, 3.8) is 0 Å². The van der Waals surface area contributed by atoms with Gasteiger partial charge in [0.15, 0.2) is 10.9 Å². The van der Waals surface area contributed by atoms with Gasteiger partial charge in [0, 0.05) is 31.3 Å². The van der Waals surface area contributed by atoms with Crippen LogP contribution in [0.5, 0.6) is 0 Å². The molecule has 1 heterocycles. The number of aromatic nitrogens is 3. The predicted molar refractivity (Wildman–Crippen MR) is 128 cm³/mol. The third-order valence-corrected chi connectivity index (χ3v) is 6.52. The van der Waals surface area contributed by atoms with Crippen LogP contribution in [0.15, 0.2) is 53.7 Å². The molecule has 10 heteroatoms. The van der Waals surface area contributed by atoms with Crippen molar-refractivity contribution in [3.05, 3.63) is 71.3 Å². The molecule has 0 radical (unpaired) electrons. The highest BCUT2D eigenvalue weighted by molar-refractivity contribution is 8.00. The standard InChI is InChI=1S/C24H26FN5O3S/c1-4-20(23(33)27-17-9-7-8-16(14-17)15(2)31)34-24-29-28-21(30(24)3)12-13-26-22(32)18-10-5-6-11-19(18)25/h5-11,14,20H,4,12-13H2,1-3H3,(H,26,32)(H,27,33)/t20-/m0/s1. The van der Waals surface area contributed by atoms with Crippen LogP contribution in [0, 0.1) is 5.82 Å². The minimum Gasteiger partial charge on any atom is -0.351 e. The van der Waals surface area contributed by atoms with E-state index in [4.69, 9.17) is 0 Å². The Bertz CT molecular complexity index is 1200. The third-order valence-electron chi connectivity index (χ3n) is 5.13. The van der Waals surface area contributed by atoms with Crippen LogP contribution in [0.4, 0.5) is 10.1 Å². The Labute approximate surface area is 201 Å². The van der Waals surface area contributed by atoms with Crippen LogP contribution in [-0.2, 0) is 18.3 Å². The average Bonchev–Trinajstić information content (AvgIpc) is 3.16. The van der Waals surface area contributed by atoms with E-state index in [1.54, 1.807) is 41.9 Å². The second-order valence-electron chi connectivity index (χ2n) is 7.58. The summed E-state index contributed by atoms with van der Waals surface area (Å²) in [6, 6.07) is 12.6. The molecule has 0 saturated heterocycles. The summed E-state index contributed by atoms with van der Waals surface area (Å²) < 4.78 is 15.5. The number of nitrogens with zero attached hydrogens (tertiary/aromatic N) is 3. The van der Waals surface area contributed by atoms with Crippen LogP contribution in [0.2, 0.25) is 0 Å². The van der Waals surface area contributed by atoms with E-state index in [0.29, 0.717) is 35.1 Å². The number of benzene rings is 2. The third kappa shape index (κ3) is 6.28. The number of carbonyl (C=O) groups is 3. The van der Waals surface area contributed by atoms with Crippen molar-refractivity contribution in [2.24, 2.45) is 7.05 Å². The molecule has 1 aromatic heterocycles. The lowest BCUT2D eigenvalue weighted by Gasteiger charge is -2.14. The summed E-state index contributed by atoms with van der Waals surface area (Å²) in [5.41, 5.74) is 1.07. The van der Waals surface area contributed by atoms with Gasteiger partial charge in [-0.1, -0.05) is 43.0 Å². The fourth-order valence-corrected chi connectivity index (χ4v) is 4.12. The largest absolute Gasteiger partial charge is 0.351 e. The van der Waals surface area contributed by atoms with Gasteiger partial charge in [-0.15, -0.1) is 10.2 Å². The molecular formula is C24H26FN5O3S. The molecule has 34 heavy (non-hydrogen) atoms. The van der Waals surface area contributed by atoms with Gasteiger partial charge in [0.2, 0.25) is 5.91 Å². The normalized spacial score (nSPS) is 11.6. The van der Waals surface area contributed by atoms with Crippen LogP contribution in [0.3, 0.4) is 0 Å². The molecule has 0 aliphatic carbocycles. The Morgan fingerprint density at radius 2 is 1.88 bits per heavy atom. The zero-order valence-corrected chi connectivity index (χ0v) is 20.0. The van der Waals surface area contributed by atoms with E-state index in [1.807, 2.05) is 6.92 Å². The second-order valence-corrected chi connectivity index (χ2v) is 8.75. The van der Waals surface area contributed by atoms with Crippen molar-refractivity contribution in [2.45, 2.75) is 37.1 Å². The molecule has 2 N–H and O–H groups in total. The zero-order valence-electron chi connectivity index (χ0n) is 19.2. The Hall–Kier alpha value is -3.53. The van der Waals surface area contributed by atoms with Crippen LogP contribution in [0.1, 0.15) is 46.8 Å². The Morgan fingerprint density at radius 1 is 1.12 bits per heavy atom. The Kier molecular flexibility index (Phi) is 8.53. The summed E-state index contributed by atoms with van der Waals surface area (Å²) in [6.45, 7) is 3.63. The average molecular weight is 484 g/mol. The summed E-state index contributed by atoms with van der Waals surface area (Å²) in [7, 11) is 1.79. The lowest BCUT2D eigenvalue weighted by Crippen LogP contribution is -2.27. The number of carbonyl (C=O) groups excluding carboxylic acids is 3.